The molecule has 0 unspecified atom stereocenters. The number of amides is 1. The van der Waals surface area contributed by atoms with Gasteiger partial charge in [0.1, 0.15) is 29.3 Å². The number of anilines is 1. The number of carbonyl (C=O) groups is 1. The topological polar surface area (TPSA) is 57.7 Å². The molecule has 4 rings (SSSR count). The third kappa shape index (κ3) is 5.34. The molecule has 3 aromatic rings. The lowest BCUT2D eigenvalue weighted by atomic mass is 10.1. The van der Waals surface area contributed by atoms with E-state index in [1.54, 1.807) is 47.5 Å². The van der Waals surface area contributed by atoms with Crippen molar-refractivity contribution in [3.8, 4) is 5.75 Å². The molecule has 1 aliphatic heterocycles. The number of ether oxygens (including phenoxy) is 1. The van der Waals surface area contributed by atoms with E-state index >= 15 is 4.39 Å². The zero-order valence-electron chi connectivity index (χ0n) is 19.3. The van der Waals surface area contributed by atoms with Gasteiger partial charge in [-0.05, 0) is 49.5 Å². The van der Waals surface area contributed by atoms with Gasteiger partial charge in [0, 0.05) is 50.9 Å². The van der Waals surface area contributed by atoms with Crippen molar-refractivity contribution in [2.24, 2.45) is 0 Å². The summed E-state index contributed by atoms with van der Waals surface area (Å²) in [5, 5.41) is 3.06. The lowest BCUT2D eigenvalue weighted by Crippen LogP contribution is -2.33. The molecule has 8 heteroatoms. The molecule has 2 heterocycles. The van der Waals surface area contributed by atoms with Crippen LogP contribution in [0.1, 0.15) is 34.0 Å². The first-order valence-electron chi connectivity index (χ1n) is 11.3. The first kappa shape index (κ1) is 23.6. The SMILES string of the molecule is CNCC[C@@H](Oc1ccc(CN2CCN(C)c3ncccc3C2=O)c(F)c1)c1cccc(F)c1. The van der Waals surface area contributed by atoms with E-state index in [1.807, 2.05) is 19.0 Å². The molecule has 1 aliphatic rings. The van der Waals surface area contributed by atoms with Gasteiger partial charge in [-0.15, -0.1) is 0 Å². The van der Waals surface area contributed by atoms with Gasteiger partial charge in [0.15, 0.2) is 0 Å². The van der Waals surface area contributed by atoms with Gasteiger partial charge in [0.05, 0.1) is 5.56 Å². The van der Waals surface area contributed by atoms with Crippen molar-refractivity contribution in [2.45, 2.75) is 19.1 Å². The van der Waals surface area contributed by atoms with Crippen LogP contribution in [0.25, 0.3) is 0 Å². The molecule has 34 heavy (non-hydrogen) atoms. The van der Waals surface area contributed by atoms with Crippen LogP contribution in [0.5, 0.6) is 5.75 Å². The molecule has 1 aromatic heterocycles. The maximum atomic E-state index is 15.1. The molecular formula is C26H28F2N4O2. The highest BCUT2D eigenvalue weighted by Gasteiger charge is 2.26. The molecule has 0 radical (unpaired) electrons. The molecule has 1 atom stereocenters. The molecule has 1 N–H and O–H groups in total. The second-order valence-electron chi connectivity index (χ2n) is 8.33. The van der Waals surface area contributed by atoms with Gasteiger partial charge in [-0.2, -0.15) is 0 Å². The Labute approximate surface area is 198 Å². The first-order chi connectivity index (χ1) is 16.5. The fourth-order valence-corrected chi connectivity index (χ4v) is 4.04. The summed E-state index contributed by atoms with van der Waals surface area (Å²) in [7, 11) is 3.71. The number of rotatable bonds is 8. The molecule has 0 saturated carbocycles. The predicted molar refractivity (Wildman–Crippen MR) is 127 cm³/mol. The van der Waals surface area contributed by atoms with Crippen LogP contribution in [0, 0.1) is 11.6 Å². The number of fused-ring (bicyclic) bond motifs is 1. The van der Waals surface area contributed by atoms with Gasteiger partial charge in [0.2, 0.25) is 0 Å². The van der Waals surface area contributed by atoms with Crippen molar-refractivity contribution in [1.29, 1.82) is 0 Å². The number of nitrogens with one attached hydrogen (secondary N) is 1. The van der Waals surface area contributed by atoms with Crippen LogP contribution in [-0.4, -0.2) is 49.5 Å². The maximum Gasteiger partial charge on any atom is 0.257 e. The molecule has 0 spiro atoms. The highest BCUT2D eigenvalue weighted by Crippen LogP contribution is 2.28. The summed E-state index contributed by atoms with van der Waals surface area (Å²) in [5.74, 6) is 0.000202. The van der Waals surface area contributed by atoms with Crippen LogP contribution in [0.2, 0.25) is 0 Å². The highest BCUT2D eigenvalue weighted by molar-refractivity contribution is 5.99. The quantitative estimate of drug-likeness (QED) is 0.540. The zero-order valence-corrected chi connectivity index (χ0v) is 19.3. The first-order valence-corrected chi connectivity index (χ1v) is 11.3. The van der Waals surface area contributed by atoms with Crippen molar-refractivity contribution in [3.05, 3.63) is 89.1 Å². The van der Waals surface area contributed by atoms with E-state index in [4.69, 9.17) is 4.74 Å². The van der Waals surface area contributed by atoms with E-state index in [-0.39, 0.29) is 18.3 Å². The Bertz CT molecular complexity index is 1160. The predicted octanol–water partition coefficient (Wildman–Crippen LogP) is 4.18. The maximum absolute atomic E-state index is 15.1. The largest absolute Gasteiger partial charge is 0.486 e. The number of carbonyl (C=O) groups excluding carboxylic acids is 1. The van der Waals surface area contributed by atoms with Crippen LogP contribution in [0.15, 0.2) is 60.8 Å². The molecule has 0 bridgehead atoms. The van der Waals surface area contributed by atoms with Crippen molar-refractivity contribution < 1.29 is 18.3 Å². The Morgan fingerprint density at radius 3 is 2.74 bits per heavy atom. The second kappa shape index (κ2) is 10.6. The van der Waals surface area contributed by atoms with Crippen molar-refractivity contribution in [3.63, 3.8) is 0 Å². The number of nitrogens with zero attached hydrogens (tertiary/aromatic N) is 3. The van der Waals surface area contributed by atoms with E-state index < -0.39 is 11.9 Å². The Morgan fingerprint density at radius 1 is 1.12 bits per heavy atom. The molecule has 2 aromatic carbocycles. The van der Waals surface area contributed by atoms with Gasteiger partial charge < -0.3 is 19.9 Å². The monoisotopic (exact) mass is 466 g/mol. The van der Waals surface area contributed by atoms with E-state index in [1.165, 1.54) is 18.2 Å². The lowest BCUT2D eigenvalue weighted by molar-refractivity contribution is 0.0753. The smallest absolute Gasteiger partial charge is 0.257 e. The third-order valence-electron chi connectivity index (χ3n) is 5.91. The normalized spacial score (nSPS) is 14.5. The standard InChI is InChI=1S/C26H28F2N4O2/c1-29-12-10-24(18-5-3-6-20(27)15-18)34-21-9-8-19(23(28)16-21)17-32-14-13-31(2)25-22(26(32)33)7-4-11-30-25/h3-9,11,15-16,24,29H,10,12-14,17H2,1-2H3/t24-/m1/s1. The van der Waals surface area contributed by atoms with E-state index in [0.29, 0.717) is 54.3 Å². The van der Waals surface area contributed by atoms with Crippen molar-refractivity contribution >= 4 is 11.7 Å². The van der Waals surface area contributed by atoms with E-state index in [9.17, 15) is 9.18 Å². The summed E-state index contributed by atoms with van der Waals surface area (Å²) < 4.78 is 34.8. The van der Waals surface area contributed by atoms with Crippen LogP contribution < -0.4 is 15.0 Å². The summed E-state index contributed by atoms with van der Waals surface area (Å²) in [4.78, 5) is 21.0. The molecule has 178 valence electrons. The summed E-state index contributed by atoms with van der Waals surface area (Å²) >= 11 is 0. The molecular weight excluding hydrogens is 438 g/mol. The molecule has 0 aliphatic carbocycles. The van der Waals surface area contributed by atoms with Crippen molar-refractivity contribution in [2.75, 3.05) is 38.6 Å². The molecule has 6 nitrogen and oxygen atoms in total. The highest BCUT2D eigenvalue weighted by atomic mass is 19.1. The van der Waals surface area contributed by atoms with Gasteiger partial charge >= 0.3 is 0 Å². The van der Waals surface area contributed by atoms with Crippen LogP contribution in [-0.2, 0) is 6.54 Å². The fourth-order valence-electron chi connectivity index (χ4n) is 4.04. The number of likely N-dealkylation sites (N-methyl/N-ethyl adjacent to an activating group) is 1. The van der Waals surface area contributed by atoms with Gasteiger partial charge in [-0.3, -0.25) is 4.79 Å². The number of hydrogen-bond donors (Lipinski definition) is 1. The fraction of sp³-hybridized carbons (Fsp3) is 0.308. The van der Waals surface area contributed by atoms with Crippen LogP contribution in [0.4, 0.5) is 14.6 Å². The molecule has 0 saturated heterocycles. The second-order valence-corrected chi connectivity index (χ2v) is 8.33. The number of benzene rings is 2. The lowest BCUT2D eigenvalue weighted by Gasteiger charge is -2.22. The summed E-state index contributed by atoms with van der Waals surface area (Å²) in [6, 6.07) is 14.4. The number of pyridine rings is 1. The summed E-state index contributed by atoms with van der Waals surface area (Å²) in [5.41, 5.74) is 1.59. The van der Waals surface area contributed by atoms with Crippen molar-refractivity contribution in [1.82, 2.24) is 15.2 Å². The van der Waals surface area contributed by atoms with E-state index in [0.717, 1.165) is 0 Å². The number of halogens is 2. The Balaban J connectivity index is 1.51. The minimum Gasteiger partial charge on any atom is -0.486 e. The van der Waals surface area contributed by atoms with Gasteiger partial charge in [0.25, 0.3) is 5.91 Å². The van der Waals surface area contributed by atoms with Crippen LogP contribution >= 0.6 is 0 Å². The third-order valence-corrected chi connectivity index (χ3v) is 5.91. The molecule has 1 amide bonds. The summed E-state index contributed by atoms with van der Waals surface area (Å²) in [6.07, 6.45) is 1.82. The zero-order chi connectivity index (χ0) is 24.1. The van der Waals surface area contributed by atoms with E-state index in [2.05, 4.69) is 10.3 Å². The molecule has 0 fully saturated rings. The summed E-state index contributed by atoms with van der Waals surface area (Å²) in [6.45, 7) is 1.85. The Morgan fingerprint density at radius 2 is 1.97 bits per heavy atom. The average molecular weight is 467 g/mol. The Hall–Kier alpha value is -3.52. The van der Waals surface area contributed by atoms with Gasteiger partial charge in [-0.1, -0.05) is 18.2 Å². The Kier molecular flexibility index (Phi) is 7.37. The minimum atomic E-state index is -0.457. The average Bonchev–Trinajstić information content (AvgIpc) is 2.95. The van der Waals surface area contributed by atoms with Crippen LogP contribution in [0.3, 0.4) is 0 Å². The van der Waals surface area contributed by atoms with Gasteiger partial charge in [-0.25, -0.2) is 13.8 Å². The number of aromatic nitrogens is 1. The minimum absolute atomic E-state index is 0.139. The number of hydrogen-bond acceptors (Lipinski definition) is 5.